The molecule has 0 saturated carbocycles. The van der Waals surface area contributed by atoms with Gasteiger partial charge in [-0.25, -0.2) is 22.4 Å². The summed E-state index contributed by atoms with van der Waals surface area (Å²) in [6, 6.07) is 15.2. The van der Waals surface area contributed by atoms with Crippen LogP contribution in [0.1, 0.15) is 29.9 Å². The summed E-state index contributed by atoms with van der Waals surface area (Å²) in [7, 11) is -3.81. The molecule has 0 aliphatic carbocycles. The van der Waals surface area contributed by atoms with Crippen LogP contribution in [-0.2, 0) is 10.0 Å². The molecule has 1 saturated heterocycles. The van der Waals surface area contributed by atoms with Crippen LogP contribution in [0, 0.1) is 17.0 Å². The minimum atomic E-state index is -3.81. The van der Waals surface area contributed by atoms with Crippen molar-refractivity contribution in [2.24, 2.45) is 0 Å². The molecule has 5 rings (SSSR count). The van der Waals surface area contributed by atoms with Gasteiger partial charge in [0.05, 0.1) is 15.2 Å². The maximum absolute atomic E-state index is 13.3. The molecule has 34 heavy (non-hydrogen) atoms. The standard InChI is InChI=1S/C24H23N5O4S/c1-17-7-9-21(10-8-17)34(32,33)28-13-11-22-23(25-16-26-24(22)28)27-12-3-5-19(15-27)18-4-2-6-20(14-18)29(30)31/h2,4,6-11,13-14,16,19H,3,5,12,15H2,1H3. The Kier molecular flexibility index (Phi) is 5.52. The van der Waals surface area contributed by atoms with Gasteiger partial charge in [-0.2, -0.15) is 0 Å². The van der Waals surface area contributed by atoms with Gasteiger partial charge in [0.25, 0.3) is 15.7 Å². The van der Waals surface area contributed by atoms with Gasteiger partial charge in [-0.1, -0.05) is 29.8 Å². The quantitative estimate of drug-likeness (QED) is 0.312. The number of aromatic nitrogens is 3. The van der Waals surface area contributed by atoms with Gasteiger partial charge in [-0.3, -0.25) is 10.1 Å². The van der Waals surface area contributed by atoms with Crippen LogP contribution in [0.15, 0.2) is 72.0 Å². The van der Waals surface area contributed by atoms with Crippen LogP contribution in [-0.4, -0.2) is 40.4 Å². The molecule has 0 radical (unpaired) electrons. The summed E-state index contributed by atoms with van der Waals surface area (Å²) in [5, 5.41) is 11.8. The zero-order chi connectivity index (χ0) is 23.9. The monoisotopic (exact) mass is 477 g/mol. The third-order valence-electron chi connectivity index (χ3n) is 6.28. The van der Waals surface area contributed by atoms with E-state index in [0.717, 1.165) is 30.5 Å². The summed E-state index contributed by atoms with van der Waals surface area (Å²) in [5.41, 5.74) is 2.30. The van der Waals surface area contributed by atoms with Crippen molar-refractivity contribution in [2.75, 3.05) is 18.0 Å². The lowest BCUT2D eigenvalue weighted by Crippen LogP contribution is -2.35. The van der Waals surface area contributed by atoms with Crippen molar-refractivity contribution in [1.29, 1.82) is 0 Å². The van der Waals surface area contributed by atoms with Gasteiger partial charge >= 0.3 is 0 Å². The molecule has 1 unspecified atom stereocenters. The highest BCUT2D eigenvalue weighted by Crippen LogP contribution is 2.34. The number of nitrogens with zero attached hydrogens (tertiary/aromatic N) is 5. The molecule has 9 nitrogen and oxygen atoms in total. The van der Waals surface area contributed by atoms with E-state index >= 15 is 0 Å². The maximum atomic E-state index is 13.3. The Balaban J connectivity index is 1.49. The molecule has 10 heteroatoms. The van der Waals surface area contributed by atoms with E-state index in [1.165, 1.54) is 22.6 Å². The normalized spacial score (nSPS) is 16.6. The zero-order valence-corrected chi connectivity index (χ0v) is 19.4. The number of hydrogen-bond donors (Lipinski definition) is 0. The number of nitro groups is 1. The van der Waals surface area contributed by atoms with Crippen molar-refractivity contribution in [1.82, 2.24) is 13.9 Å². The minimum Gasteiger partial charge on any atom is -0.355 e. The lowest BCUT2D eigenvalue weighted by Gasteiger charge is -2.34. The van der Waals surface area contributed by atoms with Crippen molar-refractivity contribution in [3.63, 3.8) is 0 Å². The zero-order valence-electron chi connectivity index (χ0n) is 18.5. The molecule has 2 aromatic heterocycles. The Hall–Kier alpha value is -3.79. The Labute approximate surface area is 196 Å². The molecule has 1 aliphatic rings. The van der Waals surface area contributed by atoms with E-state index in [9.17, 15) is 18.5 Å². The molecular formula is C24H23N5O4S. The second kappa shape index (κ2) is 8.53. The highest BCUT2D eigenvalue weighted by Gasteiger charge is 2.27. The highest BCUT2D eigenvalue weighted by atomic mass is 32.2. The van der Waals surface area contributed by atoms with Crippen molar-refractivity contribution in [3.05, 3.63) is 88.4 Å². The van der Waals surface area contributed by atoms with Crippen molar-refractivity contribution in [3.8, 4) is 0 Å². The predicted octanol–water partition coefficient (Wildman–Crippen LogP) is 4.27. The molecule has 0 N–H and O–H groups in total. The number of rotatable bonds is 5. The van der Waals surface area contributed by atoms with Crippen LogP contribution in [0.3, 0.4) is 0 Å². The molecular weight excluding hydrogens is 454 g/mol. The fourth-order valence-corrected chi connectivity index (χ4v) is 5.82. The molecule has 0 amide bonds. The molecule has 4 aromatic rings. The Morgan fingerprint density at radius 2 is 1.88 bits per heavy atom. The second-order valence-corrected chi connectivity index (χ2v) is 10.3. The van der Waals surface area contributed by atoms with Gasteiger partial charge in [0.2, 0.25) is 0 Å². The number of hydrogen-bond acceptors (Lipinski definition) is 7. The number of anilines is 1. The average molecular weight is 478 g/mol. The minimum absolute atomic E-state index is 0.0810. The third-order valence-corrected chi connectivity index (χ3v) is 7.96. The molecule has 174 valence electrons. The number of fused-ring (bicyclic) bond motifs is 1. The Morgan fingerprint density at radius 1 is 1.09 bits per heavy atom. The first kappa shape index (κ1) is 22.0. The molecule has 0 spiro atoms. The summed E-state index contributed by atoms with van der Waals surface area (Å²) in [6.07, 6.45) is 4.70. The number of aryl methyl sites for hydroxylation is 1. The molecule has 1 fully saturated rings. The largest absolute Gasteiger partial charge is 0.355 e. The Morgan fingerprint density at radius 3 is 2.65 bits per heavy atom. The number of piperidine rings is 1. The van der Waals surface area contributed by atoms with Crippen LogP contribution < -0.4 is 4.90 Å². The average Bonchev–Trinajstić information content (AvgIpc) is 3.30. The molecule has 0 bridgehead atoms. The van der Waals surface area contributed by atoms with Gasteiger partial charge in [0, 0.05) is 37.3 Å². The van der Waals surface area contributed by atoms with Crippen LogP contribution in [0.2, 0.25) is 0 Å². The topological polar surface area (TPSA) is 111 Å². The number of benzene rings is 2. The van der Waals surface area contributed by atoms with Gasteiger partial charge in [0.1, 0.15) is 12.1 Å². The summed E-state index contributed by atoms with van der Waals surface area (Å²) >= 11 is 0. The van der Waals surface area contributed by atoms with Gasteiger partial charge in [-0.05, 0) is 43.5 Å². The first-order chi connectivity index (χ1) is 16.3. The van der Waals surface area contributed by atoms with Crippen LogP contribution in [0.4, 0.5) is 11.5 Å². The lowest BCUT2D eigenvalue weighted by atomic mass is 9.90. The van der Waals surface area contributed by atoms with Crippen LogP contribution in [0.25, 0.3) is 11.0 Å². The van der Waals surface area contributed by atoms with Crippen LogP contribution >= 0.6 is 0 Å². The van der Waals surface area contributed by atoms with E-state index in [1.54, 1.807) is 42.5 Å². The van der Waals surface area contributed by atoms with Gasteiger partial charge in [0.15, 0.2) is 5.65 Å². The fraction of sp³-hybridized carbons (Fsp3) is 0.250. The van der Waals surface area contributed by atoms with Crippen molar-refractivity contribution >= 4 is 32.6 Å². The SMILES string of the molecule is Cc1ccc(S(=O)(=O)n2ccc3c(N4CCCC(c5cccc([N+](=O)[O-])c5)C4)ncnc32)cc1. The third kappa shape index (κ3) is 3.90. The predicted molar refractivity (Wildman–Crippen MR) is 129 cm³/mol. The van der Waals surface area contributed by atoms with E-state index in [2.05, 4.69) is 14.9 Å². The number of non-ortho nitro benzene ring substituents is 1. The highest BCUT2D eigenvalue weighted by molar-refractivity contribution is 7.90. The summed E-state index contributed by atoms with van der Waals surface area (Å²) < 4.78 is 27.7. The molecule has 1 atom stereocenters. The summed E-state index contributed by atoms with van der Waals surface area (Å²) in [4.78, 5) is 21.9. The Bertz CT molecular complexity index is 1480. The summed E-state index contributed by atoms with van der Waals surface area (Å²) in [6.45, 7) is 3.29. The van der Waals surface area contributed by atoms with Crippen LogP contribution in [0.5, 0.6) is 0 Å². The van der Waals surface area contributed by atoms with Gasteiger partial charge < -0.3 is 4.90 Å². The van der Waals surface area contributed by atoms with E-state index in [1.807, 2.05) is 13.0 Å². The van der Waals surface area contributed by atoms with E-state index < -0.39 is 10.0 Å². The van der Waals surface area contributed by atoms with E-state index in [0.29, 0.717) is 23.4 Å². The van der Waals surface area contributed by atoms with Crippen molar-refractivity contribution < 1.29 is 13.3 Å². The molecule has 2 aromatic carbocycles. The van der Waals surface area contributed by atoms with E-state index in [4.69, 9.17) is 0 Å². The van der Waals surface area contributed by atoms with Gasteiger partial charge in [-0.15, -0.1) is 0 Å². The first-order valence-corrected chi connectivity index (χ1v) is 12.4. The van der Waals surface area contributed by atoms with Crippen molar-refractivity contribution in [2.45, 2.75) is 30.6 Å². The lowest BCUT2D eigenvalue weighted by molar-refractivity contribution is -0.384. The number of nitro benzene ring substituents is 1. The smallest absolute Gasteiger partial charge is 0.269 e. The van der Waals surface area contributed by atoms with E-state index in [-0.39, 0.29) is 21.4 Å². The fourth-order valence-electron chi connectivity index (χ4n) is 4.52. The second-order valence-electron chi connectivity index (χ2n) is 8.50. The first-order valence-electron chi connectivity index (χ1n) is 11.0. The molecule has 1 aliphatic heterocycles. The summed E-state index contributed by atoms with van der Waals surface area (Å²) in [5.74, 6) is 0.773. The maximum Gasteiger partial charge on any atom is 0.269 e. The molecule has 3 heterocycles.